The van der Waals surface area contributed by atoms with E-state index >= 15 is 0 Å². The number of carbonyl (C=O) groups excluding carboxylic acids is 2. The van der Waals surface area contributed by atoms with Crippen LogP contribution in [0.4, 0.5) is 5.69 Å². The number of nitrogens with zero attached hydrogens (tertiary/aromatic N) is 2. The lowest BCUT2D eigenvalue weighted by Gasteiger charge is -2.38. The van der Waals surface area contributed by atoms with E-state index in [1.54, 1.807) is 19.1 Å². The Labute approximate surface area is 215 Å². The Bertz CT molecular complexity index is 1250. The third kappa shape index (κ3) is 5.56. The summed E-state index contributed by atoms with van der Waals surface area (Å²) >= 11 is 0. The van der Waals surface area contributed by atoms with Crippen molar-refractivity contribution in [2.45, 2.75) is 45.3 Å². The molecule has 0 spiro atoms. The molecular weight excluding hydrogens is 474 g/mol. The quantitative estimate of drug-likeness (QED) is 0.338. The first-order chi connectivity index (χ1) is 17.8. The fraction of sp³-hybridized carbons (Fsp3) is 0.357. The molecule has 9 nitrogen and oxygen atoms in total. The smallest absolute Gasteiger partial charge is 0.337 e. The van der Waals surface area contributed by atoms with Crippen LogP contribution in [0, 0.1) is 10.1 Å². The van der Waals surface area contributed by atoms with Gasteiger partial charge in [-0.15, -0.1) is 0 Å². The number of nitro groups is 1. The fourth-order valence-electron chi connectivity index (χ4n) is 5.04. The van der Waals surface area contributed by atoms with Crippen molar-refractivity contribution in [2.75, 3.05) is 20.2 Å². The number of non-ortho nitro benzene ring substituents is 1. The molecule has 1 fully saturated rings. The summed E-state index contributed by atoms with van der Waals surface area (Å²) in [7, 11) is 1.28. The van der Waals surface area contributed by atoms with Gasteiger partial charge in [-0.3, -0.25) is 10.1 Å². The van der Waals surface area contributed by atoms with Crippen LogP contribution in [-0.4, -0.2) is 48.1 Å². The zero-order valence-corrected chi connectivity index (χ0v) is 21.2. The van der Waals surface area contributed by atoms with Gasteiger partial charge in [0.15, 0.2) is 0 Å². The molecule has 37 heavy (non-hydrogen) atoms. The van der Waals surface area contributed by atoms with E-state index in [-0.39, 0.29) is 22.9 Å². The van der Waals surface area contributed by atoms with Crippen molar-refractivity contribution in [3.05, 3.63) is 98.4 Å². The predicted octanol–water partition coefficient (Wildman–Crippen LogP) is 4.21. The highest BCUT2D eigenvalue weighted by molar-refractivity contribution is 6.00. The first-order valence-electron chi connectivity index (χ1n) is 12.3. The fourth-order valence-corrected chi connectivity index (χ4v) is 5.04. The summed E-state index contributed by atoms with van der Waals surface area (Å²) in [5, 5.41) is 14.8. The molecule has 1 N–H and O–H groups in total. The molecule has 0 amide bonds. The monoisotopic (exact) mass is 505 g/mol. The van der Waals surface area contributed by atoms with Crippen molar-refractivity contribution in [2.24, 2.45) is 0 Å². The van der Waals surface area contributed by atoms with Crippen LogP contribution in [-0.2, 0) is 25.6 Å². The maximum atomic E-state index is 13.8. The van der Waals surface area contributed by atoms with Gasteiger partial charge < -0.3 is 19.7 Å². The van der Waals surface area contributed by atoms with Crippen LogP contribution in [0.1, 0.15) is 43.7 Å². The molecule has 1 saturated heterocycles. The van der Waals surface area contributed by atoms with Crippen LogP contribution in [0.15, 0.2) is 77.1 Å². The summed E-state index contributed by atoms with van der Waals surface area (Å²) in [6, 6.07) is 15.7. The van der Waals surface area contributed by atoms with Crippen LogP contribution in [0.3, 0.4) is 0 Å². The lowest BCUT2D eigenvalue weighted by molar-refractivity contribution is -0.384. The van der Waals surface area contributed by atoms with Crippen LogP contribution in [0.5, 0.6) is 0 Å². The molecule has 0 bridgehead atoms. The molecule has 0 saturated carbocycles. The highest BCUT2D eigenvalue weighted by Crippen LogP contribution is 2.44. The van der Waals surface area contributed by atoms with Gasteiger partial charge in [0.2, 0.25) is 0 Å². The number of allylic oxidation sites excluding steroid dienone is 2. The number of nitrogens with one attached hydrogen (secondary N) is 1. The van der Waals surface area contributed by atoms with E-state index in [4.69, 9.17) is 9.47 Å². The topological polar surface area (TPSA) is 111 Å². The number of ether oxygens (including phenoxy) is 2. The Balaban J connectivity index is 1.87. The van der Waals surface area contributed by atoms with Crippen LogP contribution in [0.2, 0.25) is 0 Å². The van der Waals surface area contributed by atoms with Crippen molar-refractivity contribution in [3.8, 4) is 0 Å². The number of carbonyl (C=O) groups is 2. The Morgan fingerprint density at radius 3 is 2.38 bits per heavy atom. The number of piperidine rings is 1. The summed E-state index contributed by atoms with van der Waals surface area (Å²) in [6.45, 7) is 5.45. The lowest BCUT2D eigenvalue weighted by Crippen LogP contribution is -2.39. The molecule has 2 heterocycles. The molecular formula is C28H31N3O6. The summed E-state index contributed by atoms with van der Waals surface area (Å²) < 4.78 is 11.1. The first kappa shape index (κ1) is 26.1. The normalized spacial score (nSPS) is 20.0. The lowest BCUT2D eigenvalue weighted by atomic mass is 9.79. The van der Waals surface area contributed by atoms with Gasteiger partial charge in [-0.1, -0.05) is 42.5 Å². The predicted molar refractivity (Wildman–Crippen MR) is 137 cm³/mol. The average molecular weight is 506 g/mol. The molecule has 2 aliphatic rings. The van der Waals surface area contributed by atoms with Gasteiger partial charge in [0.1, 0.15) is 6.10 Å². The second-order valence-corrected chi connectivity index (χ2v) is 9.22. The molecule has 9 heteroatoms. The largest absolute Gasteiger partial charge is 0.466 e. The van der Waals surface area contributed by atoms with Gasteiger partial charge in [0.05, 0.1) is 29.1 Å². The van der Waals surface area contributed by atoms with Gasteiger partial charge in [0, 0.05) is 36.6 Å². The molecule has 4 rings (SSSR count). The van der Waals surface area contributed by atoms with E-state index in [0.29, 0.717) is 30.0 Å². The van der Waals surface area contributed by atoms with Gasteiger partial charge in [0.25, 0.3) is 5.69 Å². The minimum Gasteiger partial charge on any atom is -0.466 e. The van der Waals surface area contributed by atoms with E-state index in [1.807, 2.05) is 42.2 Å². The van der Waals surface area contributed by atoms with E-state index in [9.17, 15) is 19.7 Å². The Morgan fingerprint density at radius 1 is 1.05 bits per heavy atom. The van der Waals surface area contributed by atoms with Crippen molar-refractivity contribution in [3.63, 3.8) is 0 Å². The van der Waals surface area contributed by atoms with Crippen LogP contribution in [0.25, 0.3) is 0 Å². The minimum atomic E-state index is -0.886. The number of rotatable bonds is 7. The number of nitro benzene ring substituents is 1. The summed E-state index contributed by atoms with van der Waals surface area (Å²) in [5.74, 6) is -2.04. The first-order valence-corrected chi connectivity index (χ1v) is 12.3. The molecule has 2 aromatic rings. The minimum absolute atomic E-state index is 0.132. The second-order valence-electron chi connectivity index (χ2n) is 9.22. The highest BCUT2D eigenvalue weighted by Gasteiger charge is 2.41. The molecule has 0 aromatic heterocycles. The van der Waals surface area contributed by atoms with Gasteiger partial charge >= 0.3 is 11.9 Å². The standard InChI is InChI=1S/C28H31N3O6/c1-18-24(27(32)36-3)26(21-11-7-12-22(15-21)31(34)35)25(28(33)37-23-13-8-14-29-16-23)19(2)30(18)17-20-9-5-4-6-10-20/h4-7,9-12,15,23,26,29H,8,13-14,16-17H2,1-3H3/t23-,26-/m1/s1. The van der Waals surface area contributed by atoms with Gasteiger partial charge in [-0.2, -0.15) is 0 Å². The van der Waals surface area contributed by atoms with Crippen molar-refractivity contribution >= 4 is 17.6 Å². The third-order valence-corrected chi connectivity index (χ3v) is 6.92. The second kappa shape index (κ2) is 11.4. The van der Waals surface area contributed by atoms with Crippen molar-refractivity contribution < 1.29 is 24.0 Å². The number of hydrogen-bond acceptors (Lipinski definition) is 8. The number of esters is 2. The molecule has 2 aliphatic heterocycles. The van der Waals surface area contributed by atoms with Crippen molar-refractivity contribution in [1.82, 2.24) is 10.2 Å². The van der Waals surface area contributed by atoms with Gasteiger partial charge in [-0.25, -0.2) is 9.59 Å². The molecule has 2 aromatic carbocycles. The van der Waals surface area contributed by atoms with E-state index in [0.717, 1.165) is 24.9 Å². The SMILES string of the molecule is COC(=O)C1=C(C)N(Cc2ccccc2)C(C)=C(C(=O)O[C@@H]2CCCNC2)[C@@H]1c1cccc([N+](=O)[O-])c1. The summed E-state index contributed by atoms with van der Waals surface area (Å²) in [5.41, 5.74) is 3.06. The molecule has 2 atom stereocenters. The van der Waals surface area contributed by atoms with E-state index in [2.05, 4.69) is 5.32 Å². The zero-order valence-electron chi connectivity index (χ0n) is 21.2. The van der Waals surface area contributed by atoms with Crippen molar-refractivity contribution in [1.29, 1.82) is 0 Å². The Morgan fingerprint density at radius 2 is 1.76 bits per heavy atom. The number of hydrogen-bond donors (Lipinski definition) is 1. The van der Waals surface area contributed by atoms with Gasteiger partial charge in [-0.05, 0) is 44.4 Å². The van der Waals surface area contributed by atoms with E-state index < -0.39 is 22.8 Å². The third-order valence-electron chi connectivity index (χ3n) is 6.92. The molecule has 0 radical (unpaired) electrons. The zero-order chi connectivity index (χ0) is 26.5. The Kier molecular flexibility index (Phi) is 8.03. The Hall–Kier alpha value is -3.98. The molecule has 0 aliphatic carbocycles. The maximum absolute atomic E-state index is 13.8. The molecule has 194 valence electrons. The molecule has 0 unspecified atom stereocenters. The summed E-state index contributed by atoms with van der Waals surface area (Å²) in [6.07, 6.45) is 1.32. The maximum Gasteiger partial charge on any atom is 0.337 e. The summed E-state index contributed by atoms with van der Waals surface area (Å²) in [4.78, 5) is 40.0. The highest BCUT2D eigenvalue weighted by atomic mass is 16.6. The van der Waals surface area contributed by atoms with Crippen LogP contribution >= 0.6 is 0 Å². The average Bonchev–Trinajstić information content (AvgIpc) is 2.91. The van der Waals surface area contributed by atoms with E-state index in [1.165, 1.54) is 19.2 Å². The number of benzene rings is 2. The number of methoxy groups -OCH3 is 1. The van der Waals surface area contributed by atoms with Crippen LogP contribution < -0.4 is 5.32 Å².